The lowest BCUT2D eigenvalue weighted by Gasteiger charge is -2.10. The Kier molecular flexibility index (Phi) is 4.27. The van der Waals surface area contributed by atoms with Crippen LogP contribution in [0.5, 0.6) is 0 Å². The maximum absolute atomic E-state index is 13.0. The van der Waals surface area contributed by atoms with Gasteiger partial charge in [0.1, 0.15) is 11.5 Å². The van der Waals surface area contributed by atoms with Crippen molar-refractivity contribution in [3.8, 4) is 0 Å². The van der Waals surface area contributed by atoms with Gasteiger partial charge in [-0.3, -0.25) is 4.98 Å². The van der Waals surface area contributed by atoms with E-state index < -0.39 is 12.1 Å². The summed E-state index contributed by atoms with van der Waals surface area (Å²) in [4.78, 5) is 3.67. The van der Waals surface area contributed by atoms with E-state index in [1.807, 2.05) is 0 Å². The molecule has 1 heterocycles. The molecule has 0 saturated carbocycles. The van der Waals surface area contributed by atoms with Gasteiger partial charge >= 0.3 is 0 Å². The molecule has 72 valence electrons. The maximum atomic E-state index is 13.0. The summed E-state index contributed by atoms with van der Waals surface area (Å²) in [5.41, 5.74) is -0.0801. The third kappa shape index (κ3) is 3.02. The molecule has 0 aliphatic heterocycles. The number of aliphatic hydroxyl groups is 1. The second kappa shape index (κ2) is 5.26. The molecule has 0 spiro atoms. The van der Waals surface area contributed by atoms with Gasteiger partial charge in [-0.2, -0.15) is 0 Å². The molecule has 1 aromatic heterocycles. The van der Waals surface area contributed by atoms with Crippen LogP contribution >= 0.6 is 15.9 Å². The van der Waals surface area contributed by atoms with Crippen molar-refractivity contribution in [3.05, 3.63) is 29.8 Å². The van der Waals surface area contributed by atoms with Crippen molar-refractivity contribution >= 4 is 15.9 Å². The SMILES string of the molecule is O[C@H](OCCBr)c1ncccc1F. The highest BCUT2D eigenvalue weighted by atomic mass is 79.9. The van der Waals surface area contributed by atoms with Gasteiger partial charge in [0.05, 0.1) is 6.61 Å². The number of nitrogens with zero attached hydrogens (tertiary/aromatic N) is 1. The lowest BCUT2D eigenvalue weighted by Crippen LogP contribution is -2.09. The zero-order valence-corrected chi connectivity index (χ0v) is 8.37. The Balaban J connectivity index is 2.65. The fourth-order valence-electron chi connectivity index (χ4n) is 0.815. The van der Waals surface area contributed by atoms with Gasteiger partial charge in [-0.1, -0.05) is 15.9 Å². The number of alkyl halides is 1. The third-order valence-electron chi connectivity index (χ3n) is 1.37. The van der Waals surface area contributed by atoms with Crippen LogP contribution < -0.4 is 0 Å². The van der Waals surface area contributed by atoms with Crippen LogP contribution in [0.4, 0.5) is 4.39 Å². The quantitative estimate of drug-likeness (QED) is 0.652. The first-order valence-corrected chi connectivity index (χ1v) is 4.84. The number of aromatic nitrogens is 1. The average molecular weight is 250 g/mol. The van der Waals surface area contributed by atoms with Crippen molar-refractivity contribution in [2.45, 2.75) is 6.29 Å². The number of hydrogen-bond acceptors (Lipinski definition) is 3. The molecule has 0 amide bonds. The lowest BCUT2D eigenvalue weighted by molar-refractivity contribution is -0.101. The number of hydrogen-bond donors (Lipinski definition) is 1. The minimum Gasteiger partial charge on any atom is -0.363 e. The van der Waals surface area contributed by atoms with Crippen LogP contribution in [0.15, 0.2) is 18.3 Å². The van der Waals surface area contributed by atoms with Crippen LogP contribution in [0.1, 0.15) is 12.0 Å². The summed E-state index contributed by atoms with van der Waals surface area (Å²) in [5, 5.41) is 9.87. The highest BCUT2D eigenvalue weighted by molar-refractivity contribution is 9.09. The van der Waals surface area contributed by atoms with E-state index in [2.05, 4.69) is 20.9 Å². The predicted molar refractivity (Wildman–Crippen MR) is 48.9 cm³/mol. The van der Waals surface area contributed by atoms with E-state index in [-0.39, 0.29) is 5.69 Å². The van der Waals surface area contributed by atoms with Crippen molar-refractivity contribution in [1.29, 1.82) is 0 Å². The Hall–Kier alpha value is -0.520. The summed E-state index contributed by atoms with van der Waals surface area (Å²) in [6, 6.07) is 2.68. The van der Waals surface area contributed by atoms with Gasteiger partial charge in [-0.05, 0) is 12.1 Å². The minimum atomic E-state index is -1.29. The molecule has 0 saturated heterocycles. The molecule has 0 aliphatic rings. The van der Waals surface area contributed by atoms with Crippen LogP contribution in [-0.2, 0) is 4.74 Å². The van der Waals surface area contributed by atoms with Crippen molar-refractivity contribution < 1.29 is 14.2 Å². The second-order valence-electron chi connectivity index (χ2n) is 2.28. The number of halogens is 2. The predicted octanol–water partition coefficient (Wildman–Crippen LogP) is 1.62. The Labute approximate surface area is 83.7 Å². The summed E-state index contributed by atoms with van der Waals surface area (Å²) in [6.45, 7) is 0.303. The maximum Gasteiger partial charge on any atom is 0.201 e. The minimum absolute atomic E-state index is 0.0801. The highest BCUT2D eigenvalue weighted by Gasteiger charge is 2.13. The van der Waals surface area contributed by atoms with Gasteiger partial charge in [0.15, 0.2) is 0 Å². The summed E-state index contributed by atoms with van der Waals surface area (Å²) >= 11 is 3.12. The summed E-state index contributed by atoms with van der Waals surface area (Å²) < 4.78 is 17.8. The van der Waals surface area contributed by atoms with Gasteiger partial charge in [0, 0.05) is 11.5 Å². The fourth-order valence-corrected chi connectivity index (χ4v) is 1.00. The number of aliphatic hydroxyl groups excluding tert-OH is 1. The largest absolute Gasteiger partial charge is 0.363 e. The molecule has 0 fully saturated rings. The Morgan fingerprint density at radius 3 is 3.08 bits per heavy atom. The van der Waals surface area contributed by atoms with Gasteiger partial charge < -0.3 is 9.84 Å². The molecule has 0 aliphatic carbocycles. The van der Waals surface area contributed by atoms with Crippen molar-refractivity contribution in [1.82, 2.24) is 4.98 Å². The molecule has 1 atom stereocenters. The molecule has 5 heteroatoms. The van der Waals surface area contributed by atoms with Gasteiger partial charge in [0.25, 0.3) is 0 Å². The average Bonchev–Trinajstić information content (AvgIpc) is 2.15. The second-order valence-corrected chi connectivity index (χ2v) is 3.08. The van der Waals surface area contributed by atoms with E-state index >= 15 is 0 Å². The van der Waals surface area contributed by atoms with Crippen molar-refractivity contribution in [3.63, 3.8) is 0 Å². The van der Waals surface area contributed by atoms with Crippen LogP contribution in [0.25, 0.3) is 0 Å². The van der Waals surface area contributed by atoms with Crippen LogP contribution in [0.2, 0.25) is 0 Å². The highest BCUT2D eigenvalue weighted by Crippen LogP contribution is 2.14. The molecule has 1 aromatic rings. The summed E-state index contributed by atoms with van der Waals surface area (Å²) in [7, 11) is 0. The molecular formula is C8H9BrFNO2. The van der Waals surface area contributed by atoms with Crippen molar-refractivity contribution in [2.24, 2.45) is 0 Å². The molecule has 0 aromatic carbocycles. The van der Waals surface area contributed by atoms with E-state index in [0.717, 1.165) is 0 Å². The zero-order chi connectivity index (χ0) is 9.68. The molecule has 0 unspecified atom stereocenters. The summed E-state index contributed by atoms with van der Waals surface area (Å²) in [5.74, 6) is -0.565. The smallest absolute Gasteiger partial charge is 0.201 e. The molecule has 0 bridgehead atoms. The van der Waals surface area contributed by atoms with Crippen molar-refractivity contribution in [2.75, 3.05) is 11.9 Å². The Bertz CT molecular complexity index is 272. The third-order valence-corrected chi connectivity index (χ3v) is 1.70. The van der Waals surface area contributed by atoms with E-state index in [4.69, 9.17) is 4.74 Å². The van der Waals surface area contributed by atoms with Crippen LogP contribution in [0, 0.1) is 5.82 Å². The Morgan fingerprint density at radius 2 is 2.46 bits per heavy atom. The lowest BCUT2D eigenvalue weighted by atomic mass is 10.3. The van der Waals surface area contributed by atoms with E-state index in [1.165, 1.54) is 18.3 Å². The van der Waals surface area contributed by atoms with Crippen LogP contribution in [0.3, 0.4) is 0 Å². The van der Waals surface area contributed by atoms with E-state index in [0.29, 0.717) is 11.9 Å². The first kappa shape index (κ1) is 10.6. The van der Waals surface area contributed by atoms with Gasteiger partial charge in [0.2, 0.25) is 6.29 Å². The monoisotopic (exact) mass is 249 g/mol. The number of pyridine rings is 1. The topological polar surface area (TPSA) is 42.4 Å². The molecule has 1 rings (SSSR count). The van der Waals surface area contributed by atoms with E-state index in [9.17, 15) is 9.50 Å². The number of rotatable bonds is 4. The molecule has 13 heavy (non-hydrogen) atoms. The fraction of sp³-hybridized carbons (Fsp3) is 0.375. The van der Waals surface area contributed by atoms with E-state index in [1.54, 1.807) is 0 Å². The molecule has 3 nitrogen and oxygen atoms in total. The summed E-state index contributed by atoms with van der Waals surface area (Å²) in [6.07, 6.45) is 0.109. The molecule has 1 N–H and O–H groups in total. The first-order chi connectivity index (χ1) is 6.25. The van der Waals surface area contributed by atoms with Gasteiger partial charge in [-0.25, -0.2) is 4.39 Å². The normalized spacial score (nSPS) is 12.8. The first-order valence-electron chi connectivity index (χ1n) is 3.71. The standard InChI is InChI=1S/C8H9BrFNO2/c9-3-5-13-8(12)7-6(10)2-1-4-11-7/h1-2,4,8,12H,3,5H2/t8-/m1/s1. The molecular weight excluding hydrogens is 241 g/mol. The molecule has 0 radical (unpaired) electrons. The zero-order valence-electron chi connectivity index (χ0n) is 6.78. The Morgan fingerprint density at radius 1 is 1.69 bits per heavy atom. The van der Waals surface area contributed by atoms with Crippen LogP contribution in [-0.4, -0.2) is 22.0 Å². The number of ether oxygens (including phenoxy) is 1. The van der Waals surface area contributed by atoms with Gasteiger partial charge in [-0.15, -0.1) is 0 Å².